The van der Waals surface area contributed by atoms with Crippen molar-refractivity contribution in [2.75, 3.05) is 13.2 Å². The second-order valence-electron chi connectivity index (χ2n) is 7.08. The molecule has 1 aliphatic heterocycles. The summed E-state index contributed by atoms with van der Waals surface area (Å²) in [4.78, 5) is 0. The Hall–Kier alpha value is -0.900. The predicted molar refractivity (Wildman–Crippen MR) is 94.6 cm³/mol. The number of unbranched alkanes of at least 4 members (excludes halogenated alkanes) is 5. The van der Waals surface area contributed by atoms with Crippen LogP contribution in [0.2, 0.25) is 0 Å². The molecule has 2 rings (SSSR count). The molecule has 4 N–H and O–H groups in total. The third-order valence-corrected chi connectivity index (χ3v) is 5.27. The summed E-state index contributed by atoms with van der Waals surface area (Å²) in [7, 11) is 0. The van der Waals surface area contributed by atoms with Crippen LogP contribution < -0.4 is 5.32 Å². The zero-order chi connectivity index (χ0) is 16.5. The van der Waals surface area contributed by atoms with Crippen molar-refractivity contribution in [2.24, 2.45) is 0 Å². The fraction of sp³-hybridized carbons (Fsp3) is 0.700. The van der Waals surface area contributed by atoms with E-state index in [1.54, 1.807) is 0 Å². The van der Waals surface area contributed by atoms with Gasteiger partial charge in [-0.1, -0.05) is 63.3 Å². The summed E-state index contributed by atoms with van der Waals surface area (Å²) in [6.07, 6.45) is 10.2. The van der Waals surface area contributed by atoms with Crippen molar-refractivity contribution < 1.29 is 15.5 Å². The van der Waals surface area contributed by atoms with Crippen molar-refractivity contribution in [3.63, 3.8) is 0 Å². The van der Waals surface area contributed by atoms with E-state index in [0.29, 0.717) is 5.92 Å². The molecule has 0 unspecified atom stereocenters. The maximum atomic E-state index is 9.56. The Balaban J connectivity index is 1.80. The number of aryl methyl sites for hydroxylation is 1. The van der Waals surface area contributed by atoms with E-state index in [9.17, 15) is 10.2 Å². The van der Waals surface area contributed by atoms with Gasteiger partial charge in [-0.2, -0.15) is 0 Å². The normalized spacial score (nSPS) is 24.2. The van der Waals surface area contributed by atoms with Crippen LogP contribution in [-0.2, 0) is 6.42 Å². The Bertz CT molecular complexity index is 432. The average Bonchev–Trinajstić information content (AvgIpc) is 3.02. The number of hydrogen-bond acceptors (Lipinski definition) is 2. The first-order valence-electron chi connectivity index (χ1n) is 9.44. The first-order valence-corrected chi connectivity index (χ1v) is 9.44. The van der Waals surface area contributed by atoms with Crippen molar-refractivity contribution in [1.82, 2.24) is 0 Å². The summed E-state index contributed by atoms with van der Waals surface area (Å²) >= 11 is 0. The van der Waals surface area contributed by atoms with E-state index >= 15 is 0 Å². The van der Waals surface area contributed by atoms with Crippen LogP contribution in [0.15, 0.2) is 24.3 Å². The van der Waals surface area contributed by atoms with Crippen LogP contribution in [0.5, 0.6) is 0 Å². The molecule has 1 heterocycles. The fourth-order valence-corrected chi connectivity index (χ4v) is 3.81. The second-order valence-corrected chi connectivity index (χ2v) is 7.08. The van der Waals surface area contributed by atoms with Gasteiger partial charge in [0.15, 0.2) is 0 Å². The first kappa shape index (κ1) is 18.4. The van der Waals surface area contributed by atoms with Gasteiger partial charge >= 0.3 is 0 Å². The van der Waals surface area contributed by atoms with Crippen LogP contribution in [0.3, 0.4) is 0 Å². The van der Waals surface area contributed by atoms with Crippen molar-refractivity contribution in [3.8, 4) is 0 Å². The number of benzene rings is 1. The van der Waals surface area contributed by atoms with Crippen LogP contribution in [0.4, 0.5) is 0 Å². The summed E-state index contributed by atoms with van der Waals surface area (Å²) in [5.41, 5.74) is 2.73. The van der Waals surface area contributed by atoms with E-state index in [2.05, 4.69) is 36.5 Å². The van der Waals surface area contributed by atoms with Crippen LogP contribution in [0.1, 0.15) is 68.9 Å². The molecule has 3 nitrogen and oxygen atoms in total. The smallest absolute Gasteiger partial charge is 0.117 e. The van der Waals surface area contributed by atoms with Gasteiger partial charge in [0.1, 0.15) is 12.1 Å². The molecule has 23 heavy (non-hydrogen) atoms. The van der Waals surface area contributed by atoms with E-state index in [4.69, 9.17) is 0 Å². The second kappa shape index (κ2) is 10.1. The van der Waals surface area contributed by atoms with Crippen molar-refractivity contribution in [2.45, 2.75) is 76.3 Å². The average molecular weight is 320 g/mol. The van der Waals surface area contributed by atoms with Crippen molar-refractivity contribution in [1.29, 1.82) is 0 Å². The zero-order valence-electron chi connectivity index (χ0n) is 14.6. The predicted octanol–water partition coefficient (Wildman–Crippen LogP) is 2.36. The molecule has 1 aromatic rings. The highest BCUT2D eigenvalue weighted by Crippen LogP contribution is 2.27. The molecule has 1 aliphatic rings. The lowest BCUT2D eigenvalue weighted by molar-refractivity contribution is -0.705. The number of nitrogens with two attached hydrogens (primary N) is 1. The van der Waals surface area contributed by atoms with E-state index in [1.165, 1.54) is 56.1 Å². The number of hydrogen-bond donors (Lipinski definition) is 3. The summed E-state index contributed by atoms with van der Waals surface area (Å²) in [5, 5.41) is 21.0. The Labute approximate surface area is 141 Å². The van der Waals surface area contributed by atoms with Gasteiger partial charge in [-0.05, 0) is 24.0 Å². The molecule has 0 spiro atoms. The van der Waals surface area contributed by atoms with E-state index in [-0.39, 0.29) is 25.3 Å². The van der Waals surface area contributed by atoms with Gasteiger partial charge in [-0.15, -0.1) is 0 Å². The van der Waals surface area contributed by atoms with E-state index < -0.39 is 0 Å². The summed E-state index contributed by atoms with van der Waals surface area (Å²) in [5.74, 6) is 0.361. The highest BCUT2D eigenvalue weighted by molar-refractivity contribution is 5.27. The summed E-state index contributed by atoms with van der Waals surface area (Å²) in [6, 6.07) is 9.39. The quantitative estimate of drug-likeness (QED) is 0.580. The fourth-order valence-electron chi connectivity index (χ4n) is 3.81. The molecular weight excluding hydrogens is 286 g/mol. The Morgan fingerprint density at radius 3 is 2.30 bits per heavy atom. The maximum absolute atomic E-state index is 9.56. The number of aliphatic hydroxyl groups is 2. The van der Waals surface area contributed by atoms with Gasteiger partial charge in [0.05, 0.1) is 13.2 Å². The van der Waals surface area contributed by atoms with Crippen LogP contribution in [0.25, 0.3) is 0 Å². The highest BCUT2D eigenvalue weighted by Gasteiger charge is 2.37. The van der Waals surface area contributed by atoms with Crippen LogP contribution >= 0.6 is 0 Å². The molecule has 1 aromatic carbocycles. The Morgan fingerprint density at radius 1 is 0.957 bits per heavy atom. The molecule has 3 heteroatoms. The van der Waals surface area contributed by atoms with E-state index in [0.717, 1.165) is 6.42 Å². The SMILES string of the molecule is CCCCCCCCc1ccc([C@H]2C[C@H](CO)[NH2+][C@@H]2CO)cc1. The van der Waals surface area contributed by atoms with Crippen molar-refractivity contribution >= 4 is 0 Å². The Morgan fingerprint density at radius 2 is 1.65 bits per heavy atom. The van der Waals surface area contributed by atoms with Gasteiger partial charge in [0.2, 0.25) is 0 Å². The summed E-state index contributed by atoms with van der Waals surface area (Å²) < 4.78 is 0. The van der Waals surface area contributed by atoms with Gasteiger partial charge in [0.25, 0.3) is 0 Å². The molecule has 0 radical (unpaired) electrons. The number of rotatable bonds is 10. The van der Waals surface area contributed by atoms with E-state index in [1.807, 2.05) is 0 Å². The standard InChI is InChI=1S/C20H33NO2/c1-2-3-4-5-6-7-8-16-9-11-17(12-10-16)19-13-18(14-22)21-20(19)15-23/h9-12,18-23H,2-8,13-15H2,1H3/p+1/t18-,19-,20-/m1/s1. The molecule has 0 saturated carbocycles. The lowest BCUT2D eigenvalue weighted by atomic mass is 9.90. The minimum Gasteiger partial charge on any atom is -0.390 e. The molecule has 1 fully saturated rings. The van der Waals surface area contributed by atoms with Gasteiger partial charge in [-0.3, -0.25) is 0 Å². The van der Waals surface area contributed by atoms with Crippen LogP contribution in [0, 0.1) is 0 Å². The third-order valence-electron chi connectivity index (χ3n) is 5.27. The van der Waals surface area contributed by atoms with Crippen LogP contribution in [-0.4, -0.2) is 35.5 Å². The summed E-state index contributed by atoms with van der Waals surface area (Å²) in [6.45, 7) is 2.64. The third kappa shape index (κ3) is 5.59. The van der Waals surface area contributed by atoms with Gasteiger partial charge in [-0.25, -0.2) is 0 Å². The molecule has 0 aliphatic carbocycles. The lowest BCUT2D eigenvalue weighted by Gasteiger charge is -2.14. The molecule has 0 bridgehead atoms. The minimum absolute atomic E-state index is 0.181. The van der Waals surface area contributed by atoms with Gasteiger partial charge in [0, 0.05) is 12.3 Å². The van der Waals surface area contributed by atoms with Gasteiger partial charge < -0.3 is 15.5 Å². The molecule has 3 atom stereocenters. The van der Waals surface area contributed by atoms with Crippen molar-refractivity contribution in [3.05, 3.63) is 35.4 Å². The molecule has 0 amide bonds. The largest absolute Gasteiger partial charge is 0.390 e. The lowest BCUT2D eigenvalue weighted by Crippen LogP contribution is -2.93. The molecule has 130 valence electrons. The highest BCUT2D eigenvalue weighted by atomic mass is 16.3. The Kier molecular flexibility index (Phi) is 8.07. The number of quaternary nitrogens is 1. The minimum atomic E-state index is 0.181. The molecule has 0 aromatic heterocycles. The molecular formula is C20H34NO2+. The molecule has 1 saturated heterocycles. The zero-order valence-corrected chi connectivity index (χ0v) is 14.6. The number of aliphatic hydroxyl groups excluding tert-OH is 2. The first-order chi connectivity index (χ1) is 11.3. The topological polar surface area (TPSA) is 57.1 Å². The maximum Gasteiger partial charge on any atom is 0.117 e. The monoisotopic (exact) mass is 320 g/mol.